The molecule has 0 amide bonds. The van der Waals surface area contributed by atoms with Gasteiger partial charge in [-0.15, -0.1) is 12.4 Å². The first kappa shape index (κ1) is 18.2. The Balaban J connectivity index is 0.00000324. The molecule has 0 aliphatic rings. The fraction of sp³-hybridized carbons (Fsp3) is 0.364. The lowest BCUT2D eigenvalue weighted by Gasteiger charge is -2.17. The number of hydrogen-bond acceptors (Lipinski definition) is 4. The lowest BCUT2D eigenvalue weighted by Crippen LogP contribution is -2.32. The summed E-state index contributed by atoms with van der Waals surface area (Å²) in [5, 5.41) is 11.8. The van der Waals surface area contributed by atoms with Gasteiger partial charge in [0.1, 0.15) is 6.07 Å². The predicted molar refractivity (Wildman–Crippen MR) is 77.2 cm³/mol. The molecule has 0 saturated heterocycles. The summed E-state index contributed by atoms with van der Waals surface area (Å²) in [5.41, 5.74) is 0.258. The zero-order valence-corrected chi connectivity index (χ0v) is 12.9. The van der Waals surface area contributed by atoms with Gasteiger partial charge in [0, 0.05) is 20.1 Å². The highest BCUT2D eigenvalue weighted by Crippen LogP contribution is 2.22. The Hall–Kier alpha value is -0.840. The van der Waals surface area contributed by atoms with Crippen molar-refractivity contribution < 1.29 is 8.42 Å². The van der Waals surface area contributed by atoms with E-state index in [2.05, 4.69) is 5.32 Å². The third-order valence-corrected chi connectivity index (χ3v) is 4.61. The quantitative estimate of drug-likeness (QED) is 0.890. The SMILES string of the molecule is CNCCN(C)S(=O)(=O)c1ccc(C#N)c(Cl)c1.Cl. The Morgan fingerprint density at radius 1 is 1.47 bits per heavy atom. The summed E-state index contributed by atoms with van der Waals surface area (Å²) in [6.07, 6.45) is 0. The van der Waals surface area contributed by atoms with Gasteiger partial charge in [0.05, 0.1) is 15.5 Å². The van der Waals surface area contributed by atoms with Gasteiger partial charge in [-0.25, -0.2) is 8.42 Å². The average molecular weight is 324 g/mol. The number of sulfonamides is 1. The number of nitrogens with zero attached hydrogens (tertiary/aromatic N) is 2. The summed E-state index contributed by atoms with van der Waals surface area (Å²) in [6, 6.07) is 5.97. The van der Waals surface area contributed by atoms with Crippen molar-refractivity contribution in [2.45, 2.75) is 4.90 Å². The van der Waals surface area contributed by atoms with Crippen LogP contribution in [0.4, 0.5) is 0 Å². The second kappa shape index (κ2) is 7.68. The van der Waals surface area contributed by atoms with Crippen LogP contribution in [-0.2, 0) is 10.0 Å². The van der Waals surface area contributed by atoms with Crippen LogP contribution in [0, 0.1) is 11.3 Å². The summed E-state index contributed by atoms with van der Waals surface area (Å²) in [5.74, 6) is 0. The van der Waals surface area contributed by atoms with Gasteiger partial charge in [0.25, 0.3) is 0 Å². The third kappa shape index (κ3) is 4.34. The van der Waals surface area contributed by atoms with Gasteiger partial charge >= 0.3 is 0 Å². The standard InChI is InChI=1S/C11H14ClN3O2S.ClH/c1-14-5-6-15(2)18(16,17)10-4-3-9(8-13)11(12)7-10;/h3-4,7,14H,5-6H2,1-2H3;1H. The number of nitrogens with one attached hydrogen (secondary N) is 1. The van der Waals surface area contributed by atoms with Gasteiger partial charge in [0.2, 0.25) is 10.0 Å². The van der Waals surface area contributed by atoms with E-state index in [-0.39, 0.29) is 27.9 Å². The summed E-state index contributed by atoms with van der Waals surface area (Å²) >= 11 is 5.83. The lowest BCUT2D eigenvalue weighted by molar-refractivity contribution is 0.466. The van der Waals surface area contributed by atoms with Crippen molar-refractivity contribution in [2.75, 3.05) is 27.2 Å². The summed E-state index contributed by atoms with van der Waals surface area (Å²) < 4.78 is 25.5. The van der Waals surface area contributed by atoms with Crippen LogP contribution in [0.15, 0.2) is 23.1 Å². The topological polar surface area (TPSA) is 73.2 Å². The number of halogens is 2. The Morgan fingerprint density at radius 3 is 2.58 bits per heavy atom. The van der Waals surface area contributed by atoms with Crippen molar-refractivity contribution in [1.82, 2.24) is 9.62 Å². The molecule has 0 atom stereocenters. The van der Waals surface area contributed by atoms with Crippen LogP contribution in [0.25, 0.3) is 0 Å². The van der Waals surface area contributed by atoms with E-state index in [1.54, 1.807) is 7.05 Å². The molecule has 0 fully saturated rings. The minimum absolute atomic E-state index is 0. The molecule has 0 saturated carbocycles. The van der Waals surface area contributed by atoms with Crippen LogP contribution in [0.1, 0.15) is 5.56 Å². The molecule has 1 rings (SSSR count). The number of benzene rings is 1. The van der Waals surface area contributed by atoms with E-state index in [9.17, 15) is 8.42 Å². The lowest BCUT2D eigenvalue weighted by atomic mass is 10.2. The number of hydrogen-bond donors (Lipinski definition) is 1. The molecule has 1 aromatic rings. The monoisotopic (exact) mass is 323 g/mol. The van der Waals surface area contributed by atoms with Gasteiger partial charge < -0.3 is 5.32 Å². The highest BCUT2D eigenvalue weighted by molar-refractivity contribution is 7.89. The molecule has 19 heavy (non-hydrogen) atoms. The Kier molecular flexibility index (Phi) is 7.34. The summed E-state index contributed by atoms with van der Waals surface area (Å²) in [6.45, 7) is 0.913. The summed E-state index contributed by atoms with van der Waals surface area (Å²) in [7, 11) is -0.311. The molecule has 0 unspecified atom stereocenters. The van der Waals surface area contributed by atoms with Crippen LogP contribution < -0.4 is 5.32 Å². The molecular weight excluding hydrogens is 309 g/mol. The van der Waals surface area contributed by atoms with Crippen molar-refractivity contribution in [2.24, 2.45) is 0 Å². The van der Waals surface area contributed by atoms with Crippen molar-refractivity contribution in [3.05, 3.63) is 28.8 Å². The highest BCUT2D eigenvalue weighted by Gasteiger charge is 2.21. The molecule has 1 aromatic carbocycles. The number of likely N-dealkylation sites (N-methyl/N-ethyl adjacent to an activating group) is 2. The van der Waals surface area contributed by atoms with Gasteiger partial charge in [-0.05, 0) is 25.2 Å². The first-order chi connectivity index (χ1) is 8.43. The molecule has 0 spiro atoms. The van der Waals surface area contributed by atoms with Crippen molar-refractivity contribution in [1.29, 1.82) is 5.26 Å². The minimum Gasteiger partial charge on any atom is -0.318 e. The molecule has 5 nitrogen and oxygen atoms in total. The molecule has 1 N–H and O–H groups in total. The molecule has 0 aliphatic heterocycles. The van der Waals surface area contributed by atoms with E-state index in [0.29, 0.717) is 13.1 Å². The van der Waals surface area contributed by atoms with Gasteiger partial charge in [-0.1, -0.05) is 11.6 Å². The van der Waals surface area contributed by atoms with Gasteiger partial charge in [-0.2, -0.15) is 9.57 Å². The molecule has 0 heterocycles. The smallest absolute Gasteiger partial charge is 0.242 e. The largest absolute Gasteiger partial charge is 0.318 e. The summed E-state index contributed by atoms with van der Waals surface area (Å²) in [4.78, 5) is 0.0881. The van der Waals surface area contributed by atoms with Crippen LogP contribution in [-0.4, -0.2) is 39.9 Å². The zero-order valence-electron chi connectivity index (χ0n) is 10.6. The number of rotatable bonds is 5. The zero-order chi connectivity index (χ0) is 13.8. The Bertz CT molecular complexity index is 570. The number of nitriles is 1. The maximum absolute atomic E-state index is 12.1. The third-order valence-electron chi connectivity index (χ3n) is 2.45. The minimum atomic E-state index is -3.56. The maximum Gasteiger partial charge on any atom is 0.242 e. The van der Waals surface area contributed by atoms with E-state index in [1.807, 2.05) is 6.07 Å². The van der Waals surface area contributed by atoms with Crippen molar-refractivity contribution >= 4 is 34.0 Å². The highest BCUT2D eigenvalue weighted by atomic mass is 35.5. The predicted octanol–water partition coefficient (Wildman–Crippen LogP) is 1.47. The second-order valence-corrected chi connectivity index (χ2v) is 6.14. The Labute approximate surface area is 124 Å². The fourth-order valence-electron chi connectivity index (χ4n) is 1.32. The first-order valence-corrected chi connectivity index (χ1v) is 7.06. The van der Waals surface area contributed by atoms with Crippen molar-refractivity contribution in [3.63, 3.8) is 0 Å². The van der Waals surface area contributed by atoms with Crippen molar-refractivity contribution in [3.8, 4) is 6.07 Å². The van der Waals surface area contributed by atoms with Crippen LogP contribution >= 0.6 is 24.0 Å². The van der Waals surface area contributed by atoms with E-state index in [4.69, 9.17) is 16.9 Å². The molecule has 106 valence electrons. The normalized spacial score (nSPS) is 10.9. The Morgan fingerprint density at radius 2 is 2.11 bits per heavy atom. The average Bonchev–Trinajstić information content (AvgIpc) is 2.35. The second-order valence-electron chi connectivity index (χ2n) is 3.68. The fourth-order valence-corrected chi connectivity index (χ4v) is 2.80. The molecule has 0 aliphatic carbocycles. The van der Waals surface area contributed by atoms with Crippen LogP contribution in [0.3, 0.4) is 0 Å². The molecular formula is C11H15Cl2N3O2S. The molecule has 0 aromatic heterocycles. The van der Waals surface area contributed by atoms with E-state index in [1.165, 1.54) is 29.6 Å². The molecule has 0 radical (unpaired) electrons. The van der Waals surface area contributed by atoms with E-state index < -0.39 is 10.0 Å². The molecule has 0 bridgehead atoms. The van der Waals surface area contributed by atoms with E-state index in [0.717, 1.165) is 0 Å². The molecule has 8 heteroatoms. The first-order valence-electron chi connectivity index (χ1n) is 5.24. The van der Waals surface area contributed by atoms with Crippen LogP contribution in [0.5, 0.6) is 0 Å². The maximum atomic E-state index is 12.1. The van der Waals surface area contributed by atoms with Gasteiger partial charge in [0.15, 0.2) is 0 Å². The van der Waals surface area contributed by atoms with Crippen LogP contribution in [0.2, 0.25) is 5.02 Å². The van der Waals surface area contributed by atoms with E-state index >= 15 is 0 Å². The van der Waals surface area contributed by atoms with Gasteiger partial charge in [-0.3, -0.25) is 0 Å².